The van der Waals surface area contributed by atoms with E-state index >= 15 is 0 Å². The Balaban J connectivity index is 1.43. The van der Waals surface area contributed by atoms with Crippen molar-refractivity contribution in [3.05, 3.63) is 23.0 Å². The number of aromatic nitrogens is 4. The molecule has 1 aliphatic heterocycles. The van der Waals surface area contributed by atoms with Gasteiger partial charge in [0.25, 0.3) is 0 Å². The molecular formula is C18H25N7. The van der Waals surface area contributed by atoms with Gasteiger partial charge in [-0.2, -0.15) is 10.1 Å². The normalized spacial score (nSPS) is 20.8. The summed E-state index contributed by atoms with van der Waals surface area (Å²) >= 11 is 0. The lowest BCUT2D eigenvalue weighted by molar-refractivity contribution is 0.311. The van der Waals surface area contributed by atoms with Crippen LogP contribution in [0.4, 0.5) is 17.6 Å². The lowest BCUT2D eigenvalue weighted by atomic mass is 10.2. The molecule has 0 spiro atoms. The summed E-state index contributed by atoms with van der Waals surface area (Å²) in [6.45, 7) is 4.10. The predicted molar refractivity (Wildman–Crippen MR) is 97.6 cm³/mol. The molecule has 0 amide bonds. The quantitative estimate of drug-likeness (QED) is 0.888. The molecule has 0 atom stereocenters. The average molecular weight is 339 g/mol. The van der Waals surface area contributed by atoms with Gasteiger partial charge in [-0.3, -0.25) is 5.10 Å². The molecule has 1 saturated heterocycles. The first-order chi connectivity index (χ1) is 12.3. The highest BCUT2D eigenvalue weighted by atomic mass is 15.3. The topological polar surface area (TPSA) is 73.0 Å². The molecule has 2 aliphatic carbocycles. The summed E-state index contributed by atoms with van der Waals surface area (Å²) < 4.78 is 0. The highest BCUT2D eigenvalue weighted by Gasteiger charge is 2.27. The smallest absolute Gasteiger partial charge is 0.227 e. The van der Waals surface area contributed by atoms with Crippen LogP contribution in [0.25, 0.3) is 0 Å². The van der Waals surface area contributed by atoms with Gasteiger partial charge in [0.15, 0.2) is 5.82 Å². The van der Waals surface area contributed by atoms with E-state index in [4.69, 9.17) is 9.97 Å². The molecule has 7 nitrogen and oxygen atoms in total. The maximum Gasteiger partial charge on any atom is 0.227 e. The lowest BCUT2D eigenvalue weighted by Crippen LogP contribution is -2.45. The van der Waals surface area contributed by atoms with Crippen LogP contribution in [0.3, 0.4) is 0 Å². The second kappa shape index (κ2) is 5.98. The molecule has 2 aromatic rings. The molecular weight excluding hydrogens is 314 g/mol. The molecule has 0 bridgehead atoms. The average Bonchev–Trinajstić information content (AvgIpc) is 3.17. The van der Waals surface area contributed by atoms with E-state index in [1.807, 2.05) is 0 Å². The van der Waals surface area contributed by atoms with Crippen molar-refractivity contribution < 1.29 is 0 Å². The molecule has 0 unspecified atom stereocenters. The van der Waals surface area contributed by atoms with Crippen molar-refractivity contribution in [2.24, 2.45) is 0 Å². The van der Waals surface area contributed by atoms with Crippen LogP contribution >= 0.6 is 0 Å². The van der Waals surface area contributed by atoms with Gasteiger partial charge in [-0.15, -0.1) is 0 Å². The molecule has 0 radical (unpaired) electrons. The number of aromatic amines is 1. The van der Waals surface area contributed by atoms with Gasteiger partial charge in [0.1, 0.15) is 5.82 Å². The lowest BCUT2D eigenvalue weighted by Gasteiger charge is -2.32. The van der Waals surface area contributed by atoms with Crippen molar-refractivity contribution in [2.75, 3.05) is 43.4 Å². The fourth-order valence-electron chi connectivity index (χ4n) is 3.80. The van der Waals surface area contributed by atoms with E-state index in [0.29, 0.717) is 5.92 Å². The molecule has 3 aliphatic rings. The summed E-state index contributed by atoms with van der Waals surface area (Å²) in [7, 11) is 2.17. The standard InChI is InChI=1S/C18H25N7/c1-24-7-9-25(10-8-24)18-19-14-4-2-3-13(14)17(21-18)20-16-11-15(22-23-16)12-5-6-12/h11-12H,2-10H2,1H3,(H2,19,20,21,22,23). The molecule has 2 fully saturated rings. The first kappa shape index (κ1) is 15.1. The highest BCUT2D eigenvalue weighted by molar-refractivity contribution is 5.60. The zero-order valence-corrected chi connectivity index (χ0v) is 14.8. The van der Waals surface area contributed by atoms with Crippen LogP contribution in [0, 0.1) is 0 Å². The number of fused-ring (bicyclic) bond motifs is 1. The van der Waals surface area contributed by atoms with E-state index in [1.165, 1.54) is 36.2 Å². The first-order valence-electron chi connectivity index (χ1n) is 9.42. The Morgan fingerprint density at radius 3 is 2.76 bits per heavy atom. The minimum Gasteiger partial charge on any atom is -0.338 e. The Bertz CT molecular complexity index is 772. The second-order valence-corrected chi connectivity index (χ2v) is 7.55. The number of anilines is 3. The van der Waals surface area contributed by atoms with Gasteiger partial charge in [-0.05, 0) is 39.2 Å². The van der Waals surface area contributed by atoms with Crippen molar-refractivity contribution in [3.8, 4) is 0 Å². The third-order valence-electron chi connectivity index (χ3n) is 5.57. The minimum absolute atomic E-state index is 0.681. The van der Waals surface area contributed by atoms with Gasteiger partial charge in [0.2, 0.25) is 5.95 Å². The number of hydrogen-bond donors (Lipinski definition) is 2. The predicted octanol–water partition coefficient (Wildman–Crippen LogP) is 2.06. The Hall–Kier alpha value is -2.15. The van der Waals surface area contributed by atoms with E-state index in [-0.39, 0.29) is 0 Å². The molecule has 7 heteroatoms. The van der Waals surface area contributed by atoms with Gasteiger partial charge < -0.3 is 15.1 Å². The Kier molecular flexibility index (Phi) is 3.62. The van der Waals surface area contributed by atoms with E-state index in [0.717, 1.165) is 56.6 Å². The first-order valence-corrected chi connectivity index (χ1v) is 9.42. The molecule has 2 N–H and O–H groups in total. The molecule has 5 rings (SSSR count). The summed E-state index contributed by atoms with van der Waals surface area (Å²) in [4.78, 5) is 14.4. The molecule has 25 heavy (non-hydrogen) atoms. The maximum absolute atomic E-state index is 4.89. The van der Waals surface area contributed by atoms with Gasteiger partial charge in [-0.25, -0.2) is 4.98 Å². The van der Waals surface area contributed by atoms with Crippen LogP contribution in [0.1, 0.15) is 42.1 Å². The van der Waals surface area contributed by atoms with E-state index in [1.54, 1.807) is 0 Å². The molecule has 0 aromatic carbocycles. The highest BCUT2D eigenvalue weighted by Crippen LogP contribution is 2.40. The molecule has 2 aromatic heterocycles. The van der Waals surface area contributed by atoms with Crippen LogP contribution in [0.2, 0.25) is 0 Å². The largest absolute Gasteiger partial charge is 0.338 e. The van der Waals surface area contributed by atoms with Gasteiger partial charge in [0, 0.05) is 49.4 Å². The van der Waals surface area contributed by atoms with Crippen molar-refractivity contribution in [2.45, 2.75) is 38.0 Å². The Labute approximate surface area is 147 Å². The van der Waals surface area contributed by atoms with Crippen LogP contribution in [0.5, 0.6) is 0 Å². The fourth-order valence-corrected chi connectivity index (χ4v) is 3.80. The molecule has 3 heterocycles. The van der Waals surface area contributed by atoms with Crippen LogP contribution < -0.4 is 10.2 Å². The third-order valence-corrected chi connectivity index (χ3v) is 5.57. The monoisotopic (exact) mass is 339 g/mol. The number of hydrogen-bond acceptors (Lipinski definition) is 6. The van der Waals surface area contributed by atoms with Crippen molar-refractivity contribution >= 4 is 17.6 Å². The summed E-state index contributed by atoms with van der Waals surface area (Å²) in [5.41, 5.74) is 3.73. The third kappa shape index (κ3) is 2.97. The zero-order valence-electron chi connectivity index (χ0n) is 14.8. The molecule has 132 valence electrons. The SMILES string of the molecule is CN1CCN(c2nc3c(c(Nc4cc(C5CC5)[nH]n4)n2)CCC3)CC1. The summed E-state index contributed by atoms with van der Waals surface area (Å²) in [6, 6.07) is 2.14. The number of H-pyrrole nitrogens is 1. The molecule has 1 saturated carbocycles. The summed E-state index contributed by atoms with van der Waals surface area (Å²) in [5.74, 6) is 3.37. The van der Waals surface area contributed by atoms with Gasteiger partial charge in [-0.1, -0.05) is 0 Å². The Morgan fingerprint density at radius 1 is 1.12 bits per heavy atom. The number of likely N-dealkylation sites (N-methyl/N-ethyl adjacent to an activating group) is 1. The summed E-state index contributed by atoms with van der Waals surface area (Å²) in [5, 5.41) is 11.1. The maximum atomic E-state index is 4.89. The number of nitrogens with zero attached hydrogens (tertiary/aromatic N) is 5. The Morgan fingerprint density at radius 2 is 1.96 bits per heavy atom. The minimum atomic E-state index is 0.681. The van der Waals surface area contributed by atoms with Crippen LogP contribution in [0.15, 0.2) is 6.07 Å². The zero-order chi connectivity index (χ0) is 16.8. The number of piperazine rings is 1. The fraction of sp³-hybridized carbons (Fsp3) is 0.611. The van der Waals surface area contributed by atoms with Crippen molar-refractivity contribution in [1.82, 2.24) is 25.1 Å². The van der Waals surface area contributed by atoms with E-state index in [9.17, 15) is 0 Å². The van der Waals surface area contributed by atoms with Gasteiger partial charge in [0.05, 0.1) is 5.69 Å². The van der Waals surface area contributed by atoms with Crippen molar-refractivity contribution in [1.29, 1.82) is 0 Å². The number of nitrogens with one attached hydrogen (secondary N) is 2. The number of aryl methyl sites for hydroxylation is 1. The second-order valence-electron chi connectivity index (χ2n) is 7.55. The van der Waals surface area contributed by atoms with E-state index < -0.39 is 0 Å². The number of rotatable bonds is 4. The van der Waals surface area contributed by atoms with Crippen LogP contribution in [-0.2, 0) is 12.8 Å². The van der Waals surface area contributed by atoms with Crippen LogP contribution in [-0.4, -0.2) is 58.3 Å². The van der Waals surface area contributed by atoms with Gasteiger partial charge >= 0.3 is 0 Å². The summed E-state index contributed by atoms with van der Waals surface area (Å²) in [6.07, 6.45) is 5.83. The van der Waals surface area contributed by atoms with E-state index in [2.05, 4.69) is 38.4 Å². The van der Waals surface area contributed by atoms with Crippen molar-refractivity contribution in [3.63, 3.8) is 0 Å².